The first-order valence-electron chi connectivity index (χ1n) is 15.8. The van der Waals surface area contributed by atoms with E-state index in [-0.39, 0.29) is 22.6 Å². The van der Waals surface area contributed by atoms with Gasteiger partial charge in [0.1, 0.15) is 11.2 Å². The molecule has 5 aromatic rings. The first kappa shape index (κ1) is 32.9. The van der Waals surface area contributed by atoms with E-state index in [1.54, 1.807) is 44.5 Å². The standard InChI is InChI=1S/C35H39BN6O6/c1-21(38-30(43)27-28(39-32(45)46-33(2,3)4)40-41-19-13-18-37-29(27)41)25-20-22-14-12-17-24(36-47-34(5,6)35(7,8)48-36)26(22)31(44)42(25)23-15-10-9-11-16-23/h9-21H,1-8H3,(H,38,43)(H,39,40,45)/t21-/m0/s1. The Labute approximate surface area is 278 Å². The number of para-hydroxylation sites is 1. The largest absolute Gasteiger partial charge is 0.495 e. The number of amides is 2. The number of carbonyl (C=O) groups is 2. The summed E-state index contributed by atoms with van der Waals surface area (Å²) in [5.41, 5.74) is -0.187. The van der Waals surface area contributed by atoms with E-state index < -0.39 is 42.0 Å². The number of hydrogen-bond acceptors (Lipinski definition) is 8. The molecular formula is C35H39BN6O6. The number of fused-ring (bicyclic) bond motifs is 2. The topological polar surface area (TPSA) is 138 Å². The van der Waals surface area contributed by atoms with E-state index in [9.17, 15) is 14.4 Å². The zero-order valence-corrected chi connectivity index (χ0v) is 28.3. The van der Waals surface area contributed by atoms with E-state index in [0.717, 1.165) is 0 Å². The smallest absolute Gasteiger partial charge is 0.444 e. The summed E-state index contributed by atoms with van der Waals surface area (Å²) < 4.78 is 21.1. The van der Waals surface area contributed by atoms with Gasteiger partial charge in [-0.1, -0.05) is 36.4 Å². The molecule has 1 aliphatic heterocycles. The first-order chi connectivity index (χ1) is 22.6. The number of aromatic nitrogens is 4. The van der Waals surface area contributed by atoms with Crippen molar-refractivity contribution in [2.75, 3.05) is 5.32 Å². The fourth-order valence-electron chi connectivity index (χ4n) is 5.66. The molecule has 6 rings (SSSR count). The maximum Gasteiger partial charge on any atom is 0.495 e. The zero-order valence-electron chi connectivity index (χ0n) is 28.3. The van der Waals surface area contributed by atoms with Crippen molar-refractivity contribution in [1.82, 2.24) is 24.5 Å². The molecule has 2 N–H and O–H groups in total. The molecule has 0 radical (unpaired) electrons. The number of anilines is 1. The molecule has 0 saturated carbocycles. The molecule has 1 fully saturated rings. The Balaban J connectivity index is 1.43. The van der Waals surface area contributed by atoms with Crippen LogP contribution in [0.4, 0.5) is 10.6 Å². The molecule has 0 unspecified atom stereocenters. The average molecular weight is 651 g/mol. The molecule has 12 nitrogen and oxygen atoms in total. The van der Waals surface area contributed by atoms with E-state index in [0.29, 0.717) is 27.6 Å². The van der Waals surface area contributed by atoms with Crippen LogP contribution in [0.2, 0.25) is 0 Å². The summed E-state index contributed by atoms with van der Waals surface area (Å²) in [6.45, 7) is 14.9. The van der Waals surface area contributed by atoms with Crippen molar-refractivity contribution >= 4 is 46.8 Å². The maximum absolute atomic E-state index is 14.6. The van der Waals surface area contributed by atoms with Gasteiger partial charge in [-0.15, -0.1) is 5.10 Å². The quantitative estimate of drug-likeness (QED) is 0.240. The van der Waals surface area contributed by atoms with Crippen molar-refractivity contribution in [3.05, 3.63) is 94.7 Å². The molecule has 0 bridgehead atoms. The highest BCUT2D eigenvalue weighted by molar-refractivity contribution is 6.65. The highest BCUT2D eigenvalue weighted by atomic mass is 16.7. The van der Waals surface area contributed by atoms with Crippen molar-refractivity contribution in [3.8, 4) is 5.69 Å². The molecule has 248 valence electrons. The molecule has 4 heterocycles. The Morgan fingerprint density at radius 2 is 1.67 bits per heavy atom. The third-order valence-electron chi connectivity index (χ3n) is 8.66. The summed E-state index contributed by atoms with van der Waals surface area (Å²) in [4.78, 5) is 45.6. The van der Waals surface area contributed by atoms with Crippen LogP contribution < -0.4 is 21.7 Å². The Morgan fingerprint density at radius 3 is 2.33 bits per heavy atom. The Bertz CT molecular complexity index is 2080. The Morgan fingerprint density at radius 1 is 0.979 bits per heavy atom. The average Bonchev–Trinajstić information content (AvgIpc) is 3.47. The van der Waals surface area contributed by atoms with Crippen LogP contribution in [0.5, 0.6) is 0 Å². The molecule has 3 aromatic heterocycles. The van der Waals surface area contributed by atoms with Gasteiger partial charge in [-0.3, -0.25) is 19.5 Å². The molecule has 1 aliphatic rings. The van der Waals surface area contributed by atoms with E-state index in [4.69, 9.17) is 14.0 Å². The molecular weight excluding hydrogens is 611 g/mol. The normalized spacial score (nSPS) is 16.2. The third-order valence-corrected chi connectivity index (χ3v) is 8.66. The zero-order chi connectivity index (χ0) is 34.6. The van der Waals surface area contributed by atoms with Gasteiger partial charge in [0.2, 0.25) is 0 Å². The van der Waals surface area contributed by atoms with Crippen molar-refractivity contribution in [2.45, 2.75) is 78.2 Å². The van der Waals surface area contributed by atoms with Gasteiger partial charge in [0.05, 0.1) is 17.2 Å². The van der Waals surface area contributed by atoms with Crippen LogP contribution in [0, 0.1) is 0 Å². The van der Waals surface area contributed by atoms with Crippen molar-refractivity contribution in [1.29, 1.82) is 0 Å². The Hall–Kier alpha value is -5.01. The lowest BCUT2D eigenvalue weighted by molar-refractivity contribution is 0.00578. The molecule has 1 saturated heterocycles. The van der Waals surface area contributed by atoms with E-state index in [2.05, 4.69) is 20.7 Å². The predicted octanol–water partition coefficient (Wildman–Crippen LogP) is 5.17. The van der Waals surface area contributed by atoms with Gasteiger partial charge >= 0.3 is 13.2 Å². The van der Waals surface area contributed by atoms with E-state index in [1.165, 1.54) is 10.7 Å². The summed E-state index contributed by atoms with van der Waals surface area (Å²) in [6.07, 6.45) is 2.39. The highest BCUT2D eigenvalue weighted by Crippen LogP contribution is 2.37. The fourth-order valence-corrected chi connectivity index (χ4v) is 5.66. The van der Waals surface area contributed by atoms with E-state index >= 15 is 0 Å². The summed E-state index contributed by atoms with van der Waals surface area (Å²) >= 11 is 0. The fraction of sp³-hybridized carbons (Fsp3) is 0.343. The van der Waals surface area contributed by atoms with Crippen LogP contribution >= 0.6 is 0 Å². The van der Waals surface area contributed by atoms with Crippen molar-refractivity contribution in [3.63, 3.8) is 0 Å². The lowest BCUT2D eigenvalue weighted by Gasteiger charge is -2.32. The number of carbonyl (C=O) groups excluding carboxylic acids is 2. The van der Waals surface area contributed by atoms with Crippen LogP contribution in [0.3, 0.4) is 0 Å². The second-order valence-electron chi connectivity index (χ2n) is 13.9. The van der Waals surface area contributed by atoms with Gasteiger partial charge in [-0.2, -0.15) is 0 Å². The molecule has 1 atom stereocenters. The second-order valence-corrected chi connectivity index (χ2v) is 13.9. The summed E-state index contributed by atoms with van der Waals surface area (Å²) in [7, 11) is -0.752. The lowest BCUT2D eigenvalue weighted by atomic mass is 9.76. The number of hydrogen-bond donors (Lipinski definition) is 2. The van der Waals surface area contributed by atoms with Gasteiger partial charge < -0.3 is 19.4 Å². The summed E-state index contributed by atoms with van der Waals surface area (Å²) in [5.74, 6) is -0.570. The van der Waals surface area contributed by atoms with Gasteiger partial charge in [0, 0.05) is 29.2 Å². The second kappa shape index (κ2) is 11.9. The number of ether oxygens (including phenoxy) is 1. The minimum absolute atomic E-state index is 0.0151. The highest BCUT2D eigenvalue weighted by Gasteiger charge is 2.52. The summed E-state index contributed by atoms with van der Waals surface area (Å²) in [5, 5.41) is 11.1. The van der Waals surface area contributed by atoms with Gasteiger partial charge in [0.15, 0.2) is 11.5 Å². The molecule has 48 heavy (non-hydrogen) atoms. The number of nitrogens with zero attached hydrogens (tertiary/aromatic N) is 4. The van der Waals surface area contributed by atoms with Gasteiger partial charge in [0.25, 0.3) is 11.5 Å². The van der Waals surface area contributed by atoms with Crippen LogP contribution in [-0.2, 0) is 14.0 Å². The van der Waals surface area contributed by atoms with Gasteiger partial charge in [-0.05, 0) is 90.5 Å². The van der Waals surface area contributed by atoms with E-state index in [1.807, 2.05) is 82.3 Å². The van der Waals surface area contributed by atoms with Gasteiger partial charge in [-0.25, -0.2) is 14.3 Å². The molecule has 0 spiro atoms. The third kappa shape index (κ3) is 6.06. The van der Waals surface area contributed by atoms with Crippen molar-refractivity contribution in [2.24, 2.45) is 0 Å². The van der Waals surface area contributed by atoms with Crippen LogP contribution in [0.1, 0.15) is 77.5 Å². The Kier molecular flexibility index (Phi) is 8.16. The maximum atomic E-state index is 14.6. The first-order valence-corrected chi connectivity index (χ1v) is 15.8. The van der Waals surface area contributed by atoms with Crippen LogP contribution in [0.25, 0.3) is 22.1 Å². The number of nitrogens with one attached hydrogen (secondary N) is 2. The minimum Gasteiger partial charge on any atom is -0.444 e. The molecule has 0 aliphatic carbocycles. The molecule has 2 amide bonds. The number of rotatable bonds is 6. The summed E-state index contributed by atoms with van der Waals surface area (Å²) in [6, 6.07) is 17.7. The lowest BCUT2D eigenvalue weighted by Crippen LogP contribution is -2.41. The molecule has 2 aromatic carbocycles. The SMILES string of the molecule is C[C@H](NC(=O)c1c(NC(=O)OC(C)(C)C)nn2cccnc12)c1cc2cccc(B3OC(C)(C)C(C)(C)O3)c2c(=O)n1-c1ccccc1. The number of benzene rings is 2. The minimum atomic E-state index is -0.766. The molecule has 13 heteroatoms. The van der Waals surface area contributed by atoms with Crippen LogP contribution in [-0.4, -0.2) is 55.1 Å². The van der Waals surface area contributed by atoms with Crippen molar-refractivity contribution < 1.29 is 23.6 Å². The predicted molar refractivity (Wildman–Crippen MR) is 184 cm³/mol. The van der Waals surface area contributed by atoms with Crippen LogP contribution in [0.15, 0.2) is 77.9 Å². The number of pyridine rings is 1. The monoisotopic (exact) mass is 650 g/mol.